The summed E-state index contributed by atoms with van der Waals surface area (Å²) in [5.74, 6) is -2.67. The lowest BCUT2D eigenvalue weighted by molar-refractivity contribution is 0.0933. The summed E-state index contributed by atoms with van der Waals surface area (Å²) < 4.78 is 31.7. The van der Waals surface area contributed by atoms with Crippen LogP contribution in [0, 0.1) is 11.6 Å². The Morgan fingerprint density at radius 2 is 2.11 bits per heavy atom. The van der Waals surface area contributed by atoms with Crippen molar-refractivity contribution < 1.29 is 23.4 Å². The fourth-order valence-corrected chi connectivity index (χ4v) is 2.75. The Bertz CT molecular complexity index is 1100. The van der Waals surface area contributed by atoms with Crippen LogP contribution in [-0.2, 0) is 11.2 Å². The molecule has 0 radical (unpaired) electrons. The standard InChI is InChI=1S/C19H17F2N3O4/c1-28-5-4-22-18(26)15-17(25)16-14(24-19(15)27)7-10(9-23-16)6-11-2-3-12(20)8-13(11)21/h2-3,7-9H,4-6H2,1H3,(H,22,26)(H2,24,25,27). The summed E-state index contributed by atoms with van der Waals surface area (Å²) in [5.41, 5.74) is -0.232. The van der Waals surface area contributed by atoms with E-state index in [1.165, 1.54) is 25.4 Å². The first-order valence-corrected chi connectivity index (χ1v) is 8.35. The number of pyridine rings is 2. The third-order valence-electron chi connectivity index (χ3n) is 4.11. The van der Waals surface area contributed by atoms with E-state index in [1.54, 1.807) is 0 Å². The maximum atomic E-state index is 13.8. The van der Waals surface area contributed by atoms with E-state index in [2.05, 4.69) is 15.3 Å². The Labute approximate surface area is 158 Å². The van der Waals surface area contributed by atoms with Crippen molar-refractivity contribution in [2.75, 3.05) is 20.3 Å². The van der Waals surface area contributed by atoms with Crippen LogP contribution in [0.5, 0.6) is 5.75 Å². The number of carbonyl (C=O) groups excluding carboxylic acids is 1. The summed E-state index contributed by atoms with van der Waals surface area (Å²) in [6.07, 6.45) is 1.49. The van der Waals surface area contributed by atoms with Crippen molar-refractivity contribution in [1.29, 1.82) is 0 Å². The average molecular weight is 389 g/mol. The molecule has 3 N–H and O–H groups in total. The Balaban J connectivity index is 1.94. The zero-order valence-corrected chi connectivity index (χ0v) is 14.9. The van der Waals surface area contributed by atoms with E-state index in [1.807, 2.05) is 0 Å². The van der Waals surface area contributed by atoms with Crippen LogP contribution in [0.3, 0.4) is 0 Å². The summed E-state index contributed by atoms with van der Waals surface area (Å²) in [5, 5.41) is 12.8. The quantitative estimate of drug-likeness (QED) is 0.559. The molecule has 3 aromatic rings. The molecule has 0 aliphatic rings. The summed E-state index contributed by atoms with van der Waals surface area (Å²) in [7, 11) is 1.46. The van der Waals surface area contributed by atoms with Crippen molar-refractivity contribution in [3.63, 3.8) is 0 Å². The summed E-state index contributed by atoms with van der Waals surface area (Å²) in [4.78, 5) is 31.0. The van der Waals surface area contributed by atoms with Gasteiger partial charge in [0.1, 0.15) is 22.7 Å². The van der Waals surface area contributed by atoms with E-state index in [4.69, 9.17) is 4.74 Å². The van der Waals surface area contributed by atoms with Crippen LogP contribution in [0.4, 0.5) is 8.78 Å². The highest BCUT2D eigenvalue weighted by Gasteiger charge is 2.20. The van der Waals surface area contributed by atoms with E-state index >= 15 is 0 Å². The molecular weight excluding hydrogens is 372 g/mol. The van der Waals surface area contributed by atoms with Crippen LogP contribution in [0.25, 0.3) is 11.0 Å². The number of H-pyrrole nitrogens is 1. The Morgan fingerprint density at radius 1 is 1.32 bits per heavy atom. The number of ether oxygens (including phenoxy) is 1. The molecule has 1 amide bonds. The van der Waals surface area contributed by atoms with Gasteiger partial charge in [-0.25, -0.2) is 8.78 Å². The van der Waals surface area contributed by atoms with Crippen molar-refractivity contribution in [3.05, 3.63) is 69.1 Å². The number of aromatic amines is 1. The molecule has 9 heteroatoms. The Kier molecular flexibility index (Phi) is 5.65. The van der Waals surface area contributed by atoms with Gasteiger partial charge in [0, 0.05) is 32.3 Å². The van der Waals surface area contributed by atoms with Crippen LogP contribution in [-0.4, -0.2) is 41.2 Å². The van der Waals surface area contributed by atoms with Gasteiger partial charge in [-0.3, -0.25) is 14.6 Å². The van der Waals surface area contributed by atoms with Gasteiger partial charge in [0.2, 0.25) is 0 Å². The SMILES string of the molecule is COCCNC(=O)c1c(O)c2ncc(Cc3ccc(F)cc3F)cc2[nH]c1=O. The van der Waals surface area contributed by atoms with Gasteiger partial charge in [0.25, 0.3) is 11.5 Å². The number of amides is 1. The number of benzene rings is 1. The number of rotatable bonds is 6. The second kappa shape index (κ2) is 8.13. The predicted octanol–water partition coefficient (Wildman–Crippen LogP) is 1.87. The minimum Gasteiger partial charge on any atom is -0.505 e. The molecule has 0 saturated carbocycles. The van der Waals surface area contributed by atoms with Gasteiger partial charge in [-0.15, -0.1) is 0 Å². The molecule has 146 valence electrons. The second-order valence-electron chi connectivity index (χ2n) is 6.08. The first-order chi connectivity index (χ1) is 13.4. The van der Waals surface area contributed by atoms with E-state index in [0.29, 0.717) is 5.56 Å². The molecule has 2 heterocycles. The molecule has 28 heavy (non-hydrogen) atoms. The fourth-order valence-electron chi connectivity index (χ4n) is 2.75. The fraction of sp³-hybridized carbons (Fsp3) is 0.211. The topological polar surface area (TPSA) is 104 Å². The van der Waals surface area contributed by atoms with Crippen LogP contribution in [0.1, 0.15) is 21.5 Å². The van der Waals surface area contributed by atoms with Crippen molar-refractivity contribution >= 4 is 16.9 Å². The molecule has 0 aliphatic carbocycles. The minimum atomic E-state index is -0.785. The predicted molar refractivity (Wildman–Crippen MR) is 97.4 cm³/mol. The highest BCUT2D eigenvalue weighted by Crippen LogP contribution is 2.24. The van der Waals surface area contributed by atoms with E-state index < -0.39 is 34.4 Å². The van der Waals surface area contributed by atoms with Crippen molar-refractivity contribution in [2.45, 2.75) is 6.42 Å². The molecule has 3 rings (SSSR count). The Morgan fingerprint density at radius 3 is 2.82 bits per heavy atom. The number of nitrogens with one attached hydrogen (secondary N) is 2. The van der Waals surface area contributed by atoms with E-state index in [0.717, 1.165) is 12.1 Å². The van der Waals surface area contributed by atoms with Gasteiger partial charge >= 0.3 is 0 Å². The van der Waals surface area contributed by atoms with Crippen molar-refractivity contribution in [1.82, 2.24) is 15.3 Å². The Hall–Kier alpha value is -3.33. The largest absolute Gasteiger partial charge is 0.505 e. The van der Waals surface area contributed by atoms with Gasteiger partial charge in [-0.05, 0) is 23.3 Å². The van der Waals surface area contributed by atoms with Crippen LogP contribution in [0.15, 0.2) is 35.3 Å². The number of hydrogen-bond donors (Lipinski definition) is 3. The lowest BCUT2D eigenvalue weighted by Crippen LogP contribution is -2.32. The molecular formula is C19H17F2N3O4. The van der Waals surface area contributed by atoms with E-state index in [-0.39, 0.29) is 36.2 Å². The minimum absolute atomic E-state index is 0.0276. The molecule has 0 atom stereocenters. The number of nitrogens with zero attached hydrogens (tertiary/aromatic N) is 1. The van der Waals surface area contributed by atoms with E-state index in [9.17, 15) is 23.5 Å². The van der Waals surface area contributed by atoms with Crippen LogP contribution in [0.2, 0.25) is 0 Å². The number of methoxy groups -OCH3 is 1. The molecule has 0 bridgehead atoms. The third-order valence-corrected chi connectivity index (χ3v) is 4.11. The molecule has 1 aromatic carbocycles. The monoisotopic (exact) mass is 389 g/mol. The average Bonchev–Trinajstić information content (AvgIpc) is 2.64. The number of aromatic nitrogens is 2. The third kappa shape index (κ3) is 3.99. The van der Waals surface area contributed by atoms with Crippen LogP contribution >= 0.6 is 0 Å². The number of aromatic hydroxyl groups is 1. The normalized spacial score (nSPS) is 11.0. The zero-order chi connectivity index (χ0) is 20.3. The second-order valence-corrected chi connectivity index (χ2v) is 6.08. The van der Waals surface area contributed by atoms with Crippen LogP contribution < -0.4 is 10.9 Å². The van der Waals surface area contributed by atoms with Crippen molar-refractivity contribution in [2.24, 2.45) is 0 Å². The highest BCUT2D eigenvalue weighted by molar-refractivity contribution is 6.01. The maximum Gasteiger partial charge on any atom is 0.265 e. The molecule has 0 saturated heterocycles. The molecule has 2 aromatic heterocycles. The van der Waals surface area contributed by atoms with Gasteiger partial charge in [-0.1, -0.05) is 6.07 Å². The number of halogens is 2. The molecule has 0 spiro atoms. The first kappa shape index (κ1) is 19.4. The molecule has 0 fully saturated rings. The van der Waals surface area contributed by atoms with Gasteiger partial charge in [0.15, 0.2) is 5.75 Å². The number of fused-ring (bicyclic) bond motifs is 1. The maximum absolute atomic E-state index is 13.8. The van der Waals surface area contributed by atoms with Gasteiger partial charge in [-0.2, -0.15) is 0 Å². The lowest BCUT2D eigenvalue weighted by Gasteiger charge is -2.09. The summed E-state index contributed by atoms with van der Waals surface area (Å²) >= 11 is 0. The first-order valence-electron chi connectivity index (χ1n) is 8.35. The lowest BCUT2D eigenvalue weighted by atomic mass is 10.0. The molecule has 7 nitrogen and oxygen atoms in total. The highest BCUT2D eigenvalue weighted by atomic mass is 19.1. The van der Waals surface area contributed by atoms with Crippen molar-refractivity contribution in [3.8, 4) is 5.75 Å². The van der Waals surface area contributed by atoms with Gasteiger partial charge in [0.05, 0.1) is 12.1 Å². The molecule has 0 unspecified atom stereocenters. The zero-order valence-electron chi connectivity index (χ0n) is 14.9. The summed E-state index contributed by atoms with van der Waals surface area (Å²) in [6.45, 7) is 0.418. The molecule has 0 aliphatic heterocycles. The summed E-state index contributed by atoms with van der Waals surface area (Å²) in [6, 6.07) is 4.77. The number of carbonyl (C=O) groups is 1. The smallest absolute Gasteiger partial charge is 0.265 e. The number of hydrogen-bond acceptors (Lipinski definition) is 5. The van der Waals surface area contributed by atoms with Gasteiger partial charge < -0.3 is 20.1 Å².